The number of rotatable bonds is 2. The highest BCUT2D eigenvalue weighted by Gasteiger charge is 2.94. The van der Waals surface area contributed by atoms with E-state index in [0.29, 0.717) is 37.7 Å². The van der Waals surface area contributed by atoms with E-state index < -0.39 is 33.8 Å². The van der Waals surface area contributed by atoms with E-state index in [1.165, 1.54) is 0 Å². The molecule has 0 aromatic carbocycles. The normalized spacial score (nSPS) is 53.9. The zero-order valence-corrected chi connectivity index (χ0v) is 17.2. The second-order valence-corrected chi connectivity index (χ2v) is 10.5. The van der Waals surface area contributed by atoms with Crippen LogP contribution in [0.25, 0.3) is 0 Å². The molecule has 7 nitrogen and oxygen atoms in total. The van der Waals surface area contributed by atoms with Crippen LogP contribution >= 0.6 is 11.6 Å². The fourth-order valence-electron chi connectivity index (χ4n) is 7.78. The minimum absolute atomic E-state index is 0.0677. The van der Waals surface area contributed by atoms with Crippen molar-refractivity contribution in [3.63, 3.8) is 0 Å². The maximum Gasteiger partial charge on any atom is 0.404 e. The lowest BCUT2D eigenvalue weighted by molar-refractivity contribution is -0.219. The molecular weight excluding hydrogens is 400 g/mol. The predicted octanol–water partition coefficient (Wildman–Crippen LogP) is 2.06. The smallest absolute Gasteiger partial charge is 0.404 e. The minimum Gasteiger partial charge on any atom is -0.458 e. The molecule has 0 amide bonds. The molecule has 0 bridgehead atoms. The van der Waals surface area contributed by atoms with Gasteiger partial charge in [-0.3, -0.25) is 0 Å². The Kier molecular flexibility index (Phi) is 3.32. The van der Waals surface area contributed by atoms with Gasteiger partial charge in [0.05, 0.1) is 11.7 Å². The van der Waals surface area contributed by atoms with Crippen molar-refractivity contribution < 1.29 is 34.0 Å². The number of aliphatic hydroxyl groups is 2. The van der Waals surface area contributed by atoms with Crippen LogP contribution < -0.4 is 0 Å². The third-order valence-electron chi connectivity index (χ3n) is 9.16. The van der Waals surface area contributed by atoms with E-state index in [1.54, 1.807) is 0 Å². The van der Waals surface area contributed by atoms with Gasteiger partial charge in [0, 0.05) is 28.5 Å². The van der Waals surface area contributed by atoms with E-state index >= 15 is 0 Å². The second-order valence-electron chi connectivity index (χ2n) is 10.2. The summed E-state index contributed by atoms with van der Waals surface area (Å²) in [6.45, 7) is 4.04. The molecule has 0 radical (unpaired) electrons. The number of hydrogen-bond donors (Lipinski definition) is 2. The summed E-state index contributed by atoms with van der Waals surface area (Å²) in [5, 5.41) is 23.7. The van der Waals surface area contributed by atoms with Gasteiger partial charge in [-0.15, -0.1) is 0 Å². The van der Waals surface area contributed by atoms with Crippen LogP contribution in [-0.4, -0.2) is 57.2 Å². The Labute approximate surface area is 173 Å². The topological polar surface area (TPSA) is 106 Å². The molecule has 6 aliphatic rings. The molecule has 29 heavy (non-hydrogen) atoms. The number of carbonyl (C=O) groups excluding carboxylic acids is 2. The summed E-state index contributed by atoms with van der Waals surface area (Å²) in [6.07, 6.45) is 1.39. The highest BCUT2D eigenvalue weighted by Crippen LogP contribution is 2.84. The first kappa shape index (κ1) is 18.6. The summed E-state index contributed by atoms with van der Waals surface area (Å²) in [5.74, 6) is -0.582. The third-order valence-corrected chi connectivity index (χ3v) is 9.25. The predicted molar refractivity (Wildman–Crippen MR) is 98.9 cm³/mol. The molecule has 4 fully saturated rings. The molecule has 2 spiro atoms. The van der Waals surface area contributed by atoms with E-state index in [9.17, 15) is 19.8 Å². The monoisotopic (exact) mass is 424 g/mol. The first-order valence-corrected chi connectivity index (χ1v) is 10.9. The van der Waals surface area contributed by atoms with Crippen molar-refractivity contribution in [1.29, 1.82) is 0 Å². The van der Waals surface area contributed by atoms with Gasteiger partial charge >= 0.3 is 11.4 Å². The van der Waals surface area contributed by atoms with E-state index in [0.717, 1.165) is 5.57 Å². The molecule has 0 aromatic heterocycles. The zero-order valence-electron chi connectivity index (χ0n) is 16.4. The zero-order chi connectivity index (χ0) is 20.6. The van der Waals surface area contributed by atoms with Crippen LogP contribution in [0.3, 0.4) is 0 Å². The first-order chi connectivity index (χ1) is 13.6. The molecule has 3 saturated carbocycles. The van der Waals surface area contributed by atoms with Gasteiger partial charge in [0.25, 0.3) is 0 Å². The highest BCUT2D eigenvalue weighted by atomic mass is 35.5. The summed E-state index contributed by atoms with van der Waals surface area (Å²) in [7, 11) is 0. The average Bonchev–Trinajstić information content (AvgIpc) is 3.51. The molecule has 1 saturated heterocycles. The van der Waals surface area contributed by atoms with Crippen molar-refractivity contribution in [2.45, 2.75) is 75.0 Å². The van der Waals surface area contributed by atoms with Gasteiger partial charge in [0.15, 0.2) is 6.10 Å². The Hall–Kier alpha value is -1.15. The fraction of sp³-hybridized carbons (Fsp3) is 0.810. The number of epoxide rings is 1. The lowest BCUT2D eigenvalue weighted by atomic mass is 9.49. The number of esters is 1. The molecule has 4 aliphatic carbocycles. The van der Waals surface area contributed by atoms with Crippen LogP contribution in [0.15, 0.2) is 11.1 Å². The fourth-order valence-corrected chi connectivity index (χ4v) is 7.87. The standard InChI is InChI=1S/C21H25ClO7/c1-9(2)18(25)6-10-7-19(10)20(26)4-3-11-12(8-27-15(11)23)13(20)5-14-21(19,29-14)16(18)28-17(22)24/h9-10,13-14,16,25-26H,3-8H2,1-2H3. The summed E-state index contributed by atoms with van der Waals surface area (Å²) in [4.78, 5) is 23.9. The van der Waals surface area contributed by atoms with Crippen LogP contribution in [0.2, 0.25) is 0 Å². The summed E-state index contributed by atoms with van der Waals surface area (Å²) < 4.78 is 17.1. The van der Waals surface area contributed by atoms with Crippen LogP contribution in [0.1, 0.15) is 46.0 Å². The first-order valence-electron chi connectivity index (χ1n) is 10.5. The maximum atomic E-state index is 12.1. The minimum atomic E-state index is -1.27. The molecule has 8 unspecified atom stereocenters. The molecule has 158 valence electrons. The van der Waals surface area contributed by atoms with Crippen molar-refractivity contribution >= 4 is 23.0 Å². The number of halogens is 1. The van der Waals surface area contributed by atoms with Crippen molar-refractivity contribution in [1.82, 2.24) is 0 Å². The van der Waals surface area contributed by atoms with Crippen LogP contribution in [0.4, 0.5) is 4.79 Å². The molecule has 2 heterocycles. The van der Waals surface area contributed by atoms with Crippen LogP contribution in [0, 0.1) is 23.2 Å². The van der Waals surface area contributed by atoms with Crippen LogP contribution in [-0.2, 0) is 19.0 Å². The van der Waals surface area contributed by atoms with E-state index in [4.69, 9.17) is 25.8 Å². The quantitative estimate of drug-likeness (QED) is 0.397. The number of hydrogen-bond acceptors (Lipinski definition) is 7. The average molecular weight is 425 g/mol. The lowest BCUT2D eigenvalue weighted by Gasteiger charge is -2.57. The van der Waals surface area contributed by atoms with Crippen molar-refractivity contribution in [3.8, 4) is 0 Å². The van der Waals surface area contributed by atoms with Crippen LogP contribution in [0.5, 0.6) is 0 Å². The van der Waals surface area contributed by atoms with Gasteiger partial charge in [-0.2, -0.15) is 0 Å². The molecule has 8 atom stereocenters. The van der Waals surface area contributed by atoms with Crippen molar-refractivity contribution in [3.05, 3.63) is 11.1 Å². The van der Waals surface area contributed by atoms with E-state index in [2.05, 4.69) is 0 Å². The van der Waals surface area contributed by atoms with Gasteiger partial charge in [-0.25, -0.2) is 9.59 Å². The number of cyclic esters (lactones) is 1. The number of ether oxygens (including phenoxy) is 3. The van der Waals surface area contributed by atoms with Gasteiger partial charge in [0.2, 0.25) is 0 Å². The molecular formula is C21H25ClO7. The number of fused-ring (bicyclic) bond motifs is 2. The summed E-state index contributed by atoms with van der Waals surface area (Å²) >= 11 is 5.62. The second kappa shape index (κ2) is 5.18. The largest absolute Gasteiger partial charge is 0.458 e. The SMILES string of the molecule is CC(C)C1(O)CC2CC23C2(O)CCC4=C(COC4=O)C2CC2OC23C1OC(=O)Cl. The Bertz CT molecular complexity index is 884. The molecule has 8 heteroatoms. The van der Waals surface area contributed by atoms with Gasteiger partial charge in [-0.1, -0.05) is 13.8 Å². The molecule has 0 aromatic rings. The Morgan fingerprint density at radius 3 is 2.76 bits per heavy atom. The Balaban J connectivity index is 1.48. The van der Waals surface area contributed by atoms with Gasteiger partial charge < -0.3 is 24.4 Å². The molecule has 2 aliphatic heterocycles. The van der Waals surface area contributed by atoms with Gasteiger partial charge in [-0.05, 0) is 49.5 Å². The Morgan fingerprint density at radius 2 is 2.07 bits per heavy atom. The summed E-state index contributed by atoms with van der Waals surface area (Å²) in [6, 6.07) is 0. The number of carbonyl (C=O) groups is 2. The molecule has 6 rings (SSSR count). The third kappa shape index (κ3) is 1.84. The van der Waals surface area contributed by atoms with Gasteiger partial charge in [0.1, 0.15) is 17.8 Å². The van der Waals surface area contributed by atoms with Crippen molar-refractivity contribution in [2.75, 3.05) is 6.61 Å². The summed E-state index contributed by atoms with van der Waals surface area (Å²) in [5.41, 5.74) is -3.22. The Morgan fingerprint density at radius 1 is 1.31 bits per heavy atom. The van der Waals surface area contributed by atoms with Crippen molar-refractivity contribution in [2.24, 2.45) is 23.2 Å². The molecule has 2 N–H and O–H groups in total. The van der Waals surface area contributed by atoms with E-state index in [-0.39, 0.29) is 36.4 Å². The lowest BCUT2D eigenvalue weighted by Crippen LogP contribution is -2.71. The van der Waals surface area contributed by atoms with E-state index in [1.807, 2.05) is 13.8 Å². The maximum absolute atomic E-state index is 12.1. The highest BCUT2D eigenvalue weighted by molar-refractivity contribution is 6.61.